The zero-order chi connectivity index (χ0) is 13.7. The maximum absolute atomic E-state index is 11.3. The van der Waals surface area contributed by atoms with E-state index in [4.69, 9.17) is 11.6 Å². The number of rotatable bonds is 4. The van der Waals surface area contributed by atoms with Crippen molar-refractivity contribution in [2.45, 2.75) is 25.8 Å². The van der Waals surface area contributed by atoms with E-state index in [0.717, 1.165) is 43.1 Å². The lowest BCUT2D eigenvalue weighted by Gasteiger charge is -2.31. The second kappa shape index (κ2) is 6.87. The maximum atomic E-state index is 11.3. The fraction of sp³-hybridized carbons (Fsp3) is 0.571. The fourth-order valence-electron chi connectivity index (χ4n) is 2.48. The number of halogens is 1. The van der Waals surface area contributed by atoms with E-state index in [0.29, 0.717) is 12.3 Å². The Kier molecular flexibility index (Phi) is 5.16. The van der Waals surface area contributed by atoms with E-state index in [-0.39, 0.29) is 5.91 Å². The number of likely N-dealkylation sites (tertiary alicyclic amines) is 1. The van der Waals surface area contributed by atoms with Gasteiger partial charge in [-0.1, -0.05) is 11.6 Å². The Balaban J connectivity index is 1.81. The predicted molar refractivity (Wildman–Crippen MR) is 75.9 cm³/mol. The molecule has 2 rings (SSSR count). The molecule has 0 saturated carbocycles. The highest BCUT2D eigenvalue weighted by molar-refractivity contribution is 6.31. The minimum Gasteiger partial charge on any atom is -0.359 e. The van der Waals surface area contributed by atoms with Gasteiger partial charge in [0.2, 0.25) is 5.91 Å². The quantitative estimate of drug-likeness (QED) is 0.919. The van der Waals surface area contributed by atoms with Gasteiger partial charge in [-0.2, -0.15) is 0 Å². The summed E-state index contributed by atoms with van der Waals surface area (Å²) in [6, 6.07) is 1.83. The Morgan fingerprint density at radius 1 is 1.53 bits per heavy atom. The molecule has 0 atom stereocenters. The van der Waals surface area contributed by atoms with Gasteiger partial charge in [0.05, 0.1) is 0 Å². The van der Waals surface area contributed by atoms with Gasteiger partial charge in [-0.3, -0.25) is 14.7 Å². The molecule has 19 heavy (non-hydrogen) atoms. The molecule has 1 aliphatic heterocycles. The molecular formula is C14H20ClN3O. The van der Waals surface area contributed by atoms with Gasteiger partial charge in [-0.25, -0.2) is 0 Å². The molecule has 1 aromatic rings. The SMILES string of the molecule is CNC(=O)CC1CCN(Cc2cnccc2Cl)CC1. The monoisotopic (exact) mass is 281 g/mol. The molecule has 0 radical (unpaired) electrons. The van der Waals surface area contributed by atoms with E-state index >= 15 is 0 Å². The van der Waals surface area contributed by atoms with Crippen LogP contribution in [0.4, 0.5) is 0 Å². The molecule has 2 heterocycles. The van der Waals surface area contributed by atoms with Crippen LogP contribution in [0.3, 0.4) is 0 Å². The number of amides is 1. The molecule has 5 heteroatoms. The predicted octanol–water partition coefficient (Wildman–Crippen LogP) is 2.08. The highest BCUT2D eigenvalue weighted by Gasteiger charge is 2.21. The van der Waals surface area contributed by atoms with Crippen LogP contribution in [0.5, 0.6) is 0 Å². The van der Waals surface area contributed by atoms with Crippen LogP contribution in [0.25, 0.3) is 0 Å². The first-order chi connectivity index (χ1) is 9.19. The van der Waals surface area contributed by atoms with Crippen LogP contribution in [0, 0.1) is 5.92 Å². The van der Waals surface area contributed by atoms with E-state index in [1.807, 2.05) is 12.3 Å². The number of carbonyl (C=O) groups is 1. The van der Waals surface area contributed by atoms with Crippen molar-refractivity contribution in [2.24, 2.45) is 5.92 Å². The summed E-state index contributed by atoms with van der Waals surface area (Å²) in [5, 5.41) is 3.47. The smallest absolute Gasteiger partial charge is 0.220 e. The summed E-state index contributed by atoms with van der Waals surface area (Å²) in [5.41, 5.74) is 1.08. The highest BCUT2D eigenvalue weighted by atomic mass is 35.5. The van der Waals surface area contributed by atoms with Crippen LogP contribution in [0.2, 0.25) is 5.02 Å². The van der Waals surface area contributed by atoms with Gasteiger partial charge in [0, 0.05) is 43.0 Å². The molecule has 4 nitrogen and oxygen atoms in total. The van der Waals surface area contributed by atoms with Crippen LogP contribution in [-0.4, -0.2) is 35.9 Å². The lowest BCUT2D eigenvalue weighted by molar-refractivity contribution is -0.121. The Bertz CT molecular complexity index is 430. The summed E-state index contributed by atoms with van der Waals surface area (Å²) in [4.78, 5) is 17.8. The average molecular weight is 282 g/mol. The van der Waals surface area contributed by atoms with Gasteiger partial charge in [-0.15, -0.1) is 0 Å². The Morgan fingerprint density at radius 3 is 2.89 bits per heavy atom. The first kappa shape index (κ1) is 14.3. The van der Waals surface area contributed by atoms with Crippen molar-refractivity contribution < 1.29 is 4.79 Å². The number of hydrogen-bond acceptors (Lipinski definition) is 3. The van der Waals surface area contributed by atoms with Crippen LogP contribution in [0.15, 0.2) is 18.5 Å². The van der Waals surface area contributed by atoms with Crippen molar-refractivity contribution in [1.82, 2.24) is 15.2 Å². The van der Waals surface area contributed by atoms with E-state index in [1.54, 1.807) is 13.2 Å². The molecule has 0 unspecified atom stereocenters. The van der Waals surface area contributed by atoms with Crippen molar-refractivity contribution in [2.75, 3.05) is 20.1 Å². The molecule has 0 spiro atoms. The van der Waals surface area contributed by atoms with Crippen LogP contribution >= 0.6 is 11.6 Å². The summed E-state index contributed by atoms with van der Waals surface area (Å²) < 4.78 is 0. The van der Waals surface area contributed by atoms with Gasteiger partial charge in [0.1, 0.15) is 0 Å². The number of nitrogens with one attached hydrogen (secondary N) is 1. The van der Waals surface area contributed by atoms with Gasteiger partial charge >= 0.3 is 0 Å². The van der Waals surface area contributed by atoms with E-state index < -0.39 is 0 Å². The summed E-state index contributed by atoms with van der Waals surface area (Å²) in [6.45, 7) is 2.89. The maximum Gasteiger partial charge on any atom is 0.220 e. The average Bonchev–Trinajstić information content (AvgIpc) is 2.43. The number of piperidine rings is 1. The highest BCUT2D eigenvalue weighted by Crippen LogP contribution is 2.23. The summed E-state index contributed by atoms with van der Waals surface area (Å²) >= 11 is 6.14. The molecular weight excluding hydrogens is 262 g/mol. The number of nitrogens with zero attached hydrogens (tertiary/aromatic N) is 2. The lowest BCUT2D eigenvalue weighted by atomic mass is 9.93. The topological polar surface area (TPSA) is 45.2 Å². The third-order valence-corrected chi connectivity index (χ3v) is 4.07. The van der Waals surface area contributed by atoms with Gasteiger partial charge in [0.15, 0.2) is 0 Å². The Labute approximate surface area is 119 Å². The second-order valence-electron chi connectivity index (χ2n) is 5.06. The van der Waals surface area contributed by atoms with Crippen LogP contribution < -0.4 is 5.32 Å². The Morgan fingerprint density at radius 2 is 2.26 bits per heavy atom. The molecule has 1 fully saturated rings. The van der Waals surface area contributed by atoms with Gasteiger partial charge < -0.3 is 5.32 Å². The molecule has 104 valence electrons. The fourth-order valence-corrected chi connectivity index (χ4v) is 2.65. The number of hydrogen-bond donors (Lipinski definition) is 1. The minimum absolute atomic E-state index is 0.147. The number of aromatic nitrogens is 1. The zero-order valence-electron chi connectivity index (χ0n) is 11.2. The summed E-state index contributed by atoms with van der Waals surface area (Å²) in [6.07, 6.45) is 6.34. The Hall–Kier alpha value is -1.13. The summed E-state index contributed by atoms with van der Waals surface area (Å²) in [5.74, 6) is 0.661. The number of carbonyl (C=O) groups excluding carboxylic acids is 1. The minimum atomic E-state index is 0.147. The molecule has 1 N–H and O–H groups in total. The third kappa shape index (κ3) is 4.18. The van der Waals surface area contributed by atoms with Crippen molar-refractivity contribution in [1.29, 1.82) is 0 Å². The molecule has 1 amide bonds. The summed E-state index contributed by atoms with van der Waals surface area (Å²) in [7, 11) is 1.70. The van der Waals surface area contributed by atoms with Crippen molar-refractivity contribution in [3.8, 4) is 0 Å². The standard InChI is InChI=1S/C14H20ClN3O/c1-16-14(19)8-11-3-6-18(7-4-11)10-12-9-17-5-2-13(12)15/h2,5,9,11H,3-4,6-8,10H2,1H3,(H,16,19). The molecule has 0 aliphatic carbocycles. The lowest BCUT2D eigenvalue weighted by Crippen LogP contribution is -2.35. The van der Waals surface area contributed by atoms with E-state index in [9.17, 15) is 4.79 Å². The number of pyridine rings is 1. The third-order valence-electron chi connectivity index (χ3n) is 3.70. The second-order valence-corrected chi connectivity index (χ2v) is 5.47. The molecule has 1 saturated heterocycles. The van der Waals surface area contributed by atoms with Gasteiger partial charge in [-0.05, 0) is 37.9 Å². The first-order valence-corrected chi connectivity index (χ1v) is 7.08. The van der Waals surface area contributed by atoms with Crippen molar-refractivity contribution >= 4 is 17.5 Å². The molecule has 1 aliphatic rings. The van der Waals surface area contributed by atoms with Gasteiger partial charge in [0.25, 0.3) is 0 Å². The van der Waals surface area contributed by atoms with Crippen LogP contribution in [-0.2, 0) is 11.3 Å². The first-order valence-electron chi connectivity index (χ1n) is 6.70. The van der Waals surface area contributed by atoms with E-state index in [2.05, 4.69) is 15.2 Å². The van der Waals surface area contributed by atoms with Crippen molar-refractivity contribution in [3.05, 3.63) is 29.0 Å². The zero-order valence-corrected chi connectivity index (χ0v) is 12.0. The molecule has 0 aromatic carbocycles. The molecule has 0 bridgehead atoms. The molecule has 1 aromatic heterocycles. The van der Waals surface area contributed by atoms with Crippen LogP contribution in [0.1, 0.15) is 24.8 Å². The largest absolute Gasteiger partial charge is 0.359 e. The van der Waals surface area contributed by atoms with E-state index in [1.165, 1.54) is 0 Å². The normalized spacial score (nSPS) is 17.4. The van der Waals surface area contributed by atoms with Crippen molar-refractivity contribution in [3.63, 3.8) is 0 Å².